The highest BCUT2D eigenvalue weighted by Crippen LogP contribution is 2.31. The van der Waals surface area contributed by atoms with E-state index in [1.54, 1.807) is 30.0 Å². The summed E-state index contributed by atoms with van der Waals surface area (Å²) in [6.45, 7) is 2.32. The van der Waals surface area contributed by atoms with Crippen LogP contribution in [0.2, 0.25) is 0 Å². The Balaban J connectivity index is 1.88. The minimum absolute atomic E-state index is 0.100. The van der Waals surface area contributed by atoms with E-state index < -0.39 is 10.0 Å². The summed E-state index contributed by atoms with van der Waals surface area (Å²) < 4.78 is 31.2. The number of nitrogens with zero attached hydrogens (tertiary/aromatic N) is 2. The van der Waals surface area contributed by atoms with Gasteiger partial charge in [-0.05, 0) is 38.1 Å². The number of aromatic nitrogens is 1. The molecule has 0 saturated heterocycles. The molecule has 7 nitrogen and oxygen atoms in total. The van der Waals surface area contributed by atoms with Gasteiger partial charge in [0, 0.05) is 18.3 Å². The lowest BCUT2D eigenvalue weighted by molar-refractivity contribution is -0.118. The zero-order valence-corrected chi connectivity index (χ0v) is 13.7. The smallest absolute Gasteiger partial charge is 0.240 e. The van der Waals surface area contributed by atoms with Crippen molar-refractivity contribution in [3.05, 3.63) is 41.3 Å². The fraction of sp³-hybridized carbons (Fsp3) is 0.333. The van der Waals surface area contributed by atoms with Crippen LogP contribution in [-0.4, -0.2) is 33.1 Å². The average Bonchev–Trinajstić information content (AvgIpc) is 3.12. The molecule has 0 radical (unpaired) electrons. The van der Waals surface area contributed by atoms with Crippen molar-refractivity contribution in [2.45, 2.75) is 24.7 Å². The van der Waals surface area contributed by atoms with Crippen LogP contribution in [0.25, 0.3) is 0 Å². The maximum atomic E-state index is 12.5. The molecule has 0 saturated carbocycles. The van der Waals surface area contributed by atoms with E-state index >= 15 is 0 Å². The van der Waals surface area contributed by atoms with Gasteiger partial charge in [0.25, 0.3) is 0 Å². The molecule has 0 aliphatic carbocycles. The second kappa shape index (κ2) is 5.78. The van der Waals surface area contributed by atoms with Crippen LogP contribution in [0.1, 0.15) is 17.0 Å². The number of sulfonamides is 1. The highest BCUT2D eigenvalue weighted by molar-refractivity contribution is 7.89. The number of amides is 1. The van der Waals surface area contributed by atoms with Crippen LogP contribution < -0.4 is 9.62 Å². The SMILES string of the molecule is CNS(=O)(=O)c1ccc2c(c1)N(C(=O)Cc1cc(C)no1)CC2. The monoisotopic (exact) mass is 335 g/mol. The summed E-state index contributed by atoms with van der Waals surface area (Å²) in [5.74, 6) is 0.360. The predicted molar refractivity (Wildman–Crippen MR) is 83.7 cm³/mol. The molecule has 1 aliphatic rings. The molecule has 0 bridgehead atoms. The van der Waals surface area contributed by atoms with Gasteiger partial charge in [-0.1, -0.05) is 11.2 Å². The minimum Gasteiger partial charge on any atom is -0.361 e. The van der Waals surface area contributed by atoms with Crippen LogP contribution in [-0.2, 0) is 27.7 Å². The van der Waals surface area contributed by atoms with Crippen LogP contribution in [0, 0.1) is 6.92 Å². The first-order valence-electron chi connectivity index (χ1n) is 7.20. The zero-order chi connectivity index (χ0) is 16.6. The molecule has 1 aliphatic heterocycles. The number of rotatable bonds is 4. The summed E-state index contributed by atoms with van der Waals surface area (Å²) in [5.41, 5.74) is 2.32. The fourth-order valence-corrected chi connectivity index (χ4v) is 3.40. The average molecular weight is 335 g/mol. The molecule has 2 aromatic rings. The van der Waals surface area contributed by atoms with Gasteiger partial charge in [0.2, 0.25) is 15.9 Å². The van der Waals surface area contributed by atoms with E-state index in [1.165, 1.54) is 13.1 Å². The largest absolute Gasteiger partial charge is 0.361 e. The van der Waals surface area contributed by atoms with Crippen molar-refractivity contribution in [2.75, 3.05) is 18.5 Å². The summed E-state index contributed by atoms with van der Waals surface area (Å²) >= 11 is 0. The van der Waals surface area contributed by atoms with Gasteiger partial charge in [-0.2, -0.15) is 0 Å². The molecule has 1 N–H and O–H groups in total. The maximum Gasteiger partial charge on any atom is 0.240 e. The van der Waals surface area contributed by atoms with Gasteiger partial charge in [-0.25, -0.2) is 13.1 Å². The second-order valence-electron chi connectivity index (χ2n) is 5.40. The van der Waals surface area contributed by atoms with E-state index in [0.29, 0.717) is 24.4 Å². The van der Waals surface area contributed by atoms with Crippen LogP contribution in [0.15, 0.2) is 33.7 Å². The predicted octanol–water partition coefficient (Wildman–Crippen LogP) is 1.02. The normalized spacial score (nSPS) is 14.1. The summed E-state index contributed by atoms with van der Waals surface area (Å²) in [4.78, 5) is 14.2. The number of anilines is 1. The van der Waals surface area contributed by atoms with E-state index in [4.69, 9.17) is 4.52 Å². The van der Waals surface area contributed by atoms with Crippen molar-refractivity contribution in [1.82, 2.24) is 9.88 Å². The quantitative estimate of drug-likeness (QED) is 0.900. The van der Waals surface area contributed by atoms with Crippen LogP contribution in [0.5, 0.6) is 0 Å². The van der Waals surface area contributed by atoms with Gasteiger partial charge in [-0.15, -0.1) is 0 Å². The number of fused-ring (bicyclic) bond motifs is 1. The molecule has 2 heterocycles. The molecule has 0 spiro atoms. The van der Waals surface area contributed by atoms with Crippen molar-refractivity contribution in [3.8, 4) is 0 Å². The second-order valence-corrected chi connectivity index (χ2v) is 7.29. The van der Waals surface area contributed by atoms with E-state index in [-0.39, 0.29) is 17.2 Å². The van der Waals surface area contributed by atoms with Crippen LogP contribution in [0.3, 0.4) is 0 Å². The van der Waals surface area contributed by atoms with Crippen LogP contribution in [0.4, 0.5) is 5.69 Å². The van der Waals surface area contributed by atoms with Crippen molar-refractivity contribution in [2.24, 2.45) is 0 Å². The topological polar surface area (TPSA) is 92.5 Å². The van der Waals surface area contributed by atoms with Crippen LogP contribution >= 0.6 is 0 Å². The molecule has 8 heteroatoms. The van der Waals surface area contributed by atoms with Crippen molar-refractivity contribution >= 4 is 21.6 Å². The number of hydrogen-bond acceptors (Lipinski definition) is 5. The molecule has 0 unspecified atom stereocenters. The van der Waals surface area contributed by atoms with Gasteiger partial charge >= 0.3 is 0 Å². The van der Waals surface area contributed by atoms with Crippen molar-refractivity contribution < 1.29 is 17.7 Å². The third-order valence-electron chi connectivity index (χ3n) is 3.83. The molecule has 122 valence electrons. The van der Waals surface area contributed by atoms with Crippen molar-refractivity contribution in [3.63, 3.8) is 0 Å². The molecule has 0 atom stereocenters. The van der Waals surface area contributed by atoms with Gasteiger partial charge in [-0.3, -0.25) is 4.79 Å². The Morgan fingerprint density at radius 2 is 2.17 bits per heavy atom. The minimum atomic E-state index is -3.54. The third-order valence-corrected chi connectivity index (χ3v) is 5.25. The van der Waals surface area contributed by atoms with E-state index in [9.17, 15) is 13.2 Å². The lowest BCUT2D eigenvalue weighted by Crippen LogP contribution is -2.30. The maximum absolute atomic E-state index is 12.5. The highest BCUT2D eigenvalue weighted by atomic mass is 32.2. The number of aryl methyl sites for hydroxylation is 1. The van der Waals surface area contributed by atoms with E-state index in [2.05, 4.69) is 9.88 Å². The number of benzene rings is 1. The first-order chi connectivity index (χ1) is 10.9. The molecule has 1 aromatic heterocycles. The Morgan fingerprint density at radius 3 is 2.83 bits per heavy atom. The fourth-order valence-electron chi connectivity index (χ4n) is 2.65. The molecular formula is C15H17N3O4S. The molecule has 0 fully saturated rings. The Labute approximate surface area is 134 Å². The lowest BCUT2D eigenvalue weighted by Gasteiger charge is -2.17. The summed E-state index contributed by atoms with van der Waals surface area (Å²) in [6, 6.07) is 6.57. The molecule has 1 aromatic carbocycles. The molecule has 23 heavy (non-hydrogen) atoms. The zero-order valence-electron chi connectivity index (χ0n) is 12.9. The molecule has 1 amide bonds. The van der Waals surface area contributed by atoms with Gasteiger partial charge < -0.3 is 9.42 Å². The Kier molecular flexibility index (Phi) is 3.95. The first-order valence-corrected chi connectivity index (χ1v) is 8.68. The number of nitrogens with one attached hydrogen (secondary N) is 1. The van der Waals surface area contributed by atoms with E-state index in [0.717, 1.165) is 11.3 Å². The first kappa shape index (κ1) is 15.7. The highest BCUT2D eigenvalue weighted by Gasteiger charge is 2.27. The van der Waals surface area contributed by atoms with Gasteiger partial charge in [0.1, 0.15) is 5.76 Å². The number of hydrogen-bond donors (Lipinski definition) is 1. The summed E-state index contributed by atoms with van der Waals surface area (Å²) in [5, 5.41) is 3.76. The Morgan fingerprint density at radius 1 is 1.39 bits per heavy atom. The Bertz CT molecular complexity index is 857. The van der Waals surface area contributed by atoms with Crippen molar-refractivity contribution in [1.29, 1.82) is 0 Å². The number of carbonyl (C=O) groups is 1. The summed E-state index contributed by atoms with van der Waals surface area (Å²) in [7, 11) is -2.18. The molecular weight excluding hydrogens is 318 g/mol. The third kappa shape index (κ3) is 2.99. The van der Waals surface area contributed by atoms with E-state index in [1.807, 2.05) is 0 Å². The summed E-state index contributed by atoms with van der Waals surface area (Å²) in [6.07, 6.45) is 0.805. The Hall–Kier alpha value is -2.19. The standard InChI is InChI=1S/C15H17N3O4S/c1-10-7-12(22-17-10)8-15(19)18-6-5-11-3-4-13(9-14(11)18)23(20,21)16-2/h3-4,7,9,16H,5-6,8H2,1-2H3. The van der Waals surface area contributed by atoms with Gasteiger partial charge in [0.15, 0.2) is 0 Å². The van der Waals surface area contributed by atoms with Gasteiger partial charge in [0.05, 0.1) is 17.0 Å². The number of carbonyl (C=O) groups excluding carboxylic acids is 1. The lowest BCUT2D eigenvalue weighted by atomic mass is 10.2. The molecule has 3 rings (SSSR count).